The van der Waals surface area contributed by atoms with Crippen LogP contribution in [0.1, 0.15) is 0 Å². The fourth-order valence-electron chi connectivity index (χ4n) is 1.31. The Bertz CT molecular complexity index is 473. The van der Waals surface area contributed by atoms with Gasteiger partial charge in [-0.2, -0.15) is 0 Å². The summed E-state index contributed by atoms with van der Waals surface area (Å²) in [6.07, 6.45) is 0. The fraction of sp³-hybridized carbons (Fsp3) is 0.273. The fourth-order valence-corrected chi connectivity index (χ4v) is 1.31. The molecule has 2 amide bonds. The molecule has 0 atom stereocenters. The van der Waals surface area contributed by atoms with E-state index in [-0.39, 0.29) is 5.69 Å². The summed E-state index contributed by atoms with van der Waals surface area (Å²) in [5.74, 6) is -0.890. The van der Waals surface area contributed by atoms with Crippen molar-refractivity contribution in [3.63, 3.8) is 0 Å². The highest BCUT2D eigenvalue weighted by atomic mass is 16.5. The molecule has 18 heavy (non-hydrogen) atoms. The largest absolute Gasteiger partial charge is 0.494 e. The van der Waals surface area contributed by atoms with Crippen molar-refractivity contribution in [3.8, 4) is 17.2 Å². The third-order valence-corrected chi connectivity index (χ3v) is 2.18. The summed E-state index contributed by atoms with van der Waals surface area (Å²) in [5.41, 5.74) is 5.12. The van der Waals surface area contributed by atoms with Crippen molar-refractivity contribution in [2.45, 2.75) is 0 Å². The van der Waals surface area contributed by atoms with E-state index in [1.807, 2.05) is 0 Å². The molecule has 0 unspecified atom stereocenters. The lowest BCUT2D eigenvalue weighted by molar-refractivity contribution is -0.134. The molecule has 0 heterocycles. The van der Waals surface area contributed by atoms with Crippen LogP contribution in [0.2, 0.25) is 0 Å². The summed E-state index contributed by atoms with van der Waals surface area (Å²) < 4.78 is 15.2. The number of methoxy groups -OCH3 is 3. The normalized spacial score (nSPS) is 9.50. The molecule has 1 aromatic carbocycles. The first-order valence-corrected chi connectivity index (χ1v) is 4.94. The Morgan fingerprint density at radius 2 is 1.50 bits per heavy atom. The average molecular weight is 254 g/mol. The molecule has 0 radical (unpaired) electrons. The Kier molecular flexibility index (Phi) is 4.36. The van der Waals surface area contributed by atoms with E-state index >= 15 is 0 Å². The summed E-state index contributed by atoms with van der Waals surface area (Å²) >= 11 is 0. The molecule has 0 saturated carbocycles. The average Bonchev–Trinajstić information content (AvgIpc) is 2.37. The highest BCUT2D eigenvalue weighted by Crippen LogP contribution is 2.37. The number of nitrogens with two attached hydrogens (primary N) is 1. The van der Waals surface area contributed by atoms with Crippen LogP contribution in [0.15, 0.2) is 12.1 Å². The molecule has 0 fully saturated rings. The Morgan fingerprint density at radius 1 is 1.00 bits per heavy atom. The lowest BCUT2D eigenvalue weighted by atomic mass is 10.2. The Labute approximate surface area is 104 Å². The van der Waals surface area contributed by atoms with Crippen LogP contribution in [-0.2, 0) is 9.59 Å². The van der Waals surface area contributed by atoms with E-state index in [1.165, 1.54) is 33.5 Å². The maximum Gasteiger partial charge on any atom is 0.313 e. The van der Waals surface area contributed by atoms with Crippen LogP contribution in [0.25, 0.3) is 0 Å². The molecule has 0 spiro atoms. The van der Waals surface area contributed by atoms with Crippen LogP contribution < -0.4 is 25.3 Å². The molecule has 98 valence electrons. The smallest absolute Gasteiger partial charge is 0.313 e. The van der Waals surface area contributed by atoms with Crippen molar-refractivity contribution in [1.82, 2.24) is 0 Å². The van der Waals surface area contributed by atoms with Gasteiger partial charge in [0.25, 0.3) is 0 Å². The lowest BCUT2D eigenvalue weighted by Gasteiger charge is -2.14. The zero-order chi connectivity index (χ0) is 13.7. The summed E-state index contributed by atoms with van der Waals surface area (Å²) in [7, 11) is 4.34. The number of hydrogen-bond donors (Lipinski definition) is 2. The minimum Gasteiger partial charge on any atom is -0.494 e. The van der Waals surface area contributed by atoms with Crippen molar-refractivity contribution in [1.29, 1.82) is 0 Å². The van der Waals surface area contributed by atoms with Crippen LogP contribution in [0.5, 0.6) is 17.2 Å². The molecular formula is C11H14N2O5. The van der Waals surface area contributed by atoms with Gasteiger partial charge in [0.15, 0.2) is 11.5 Å². The van der Waals surface area contributed by atoms with Gasteiger partial charge in [0.2, 0.25) is 0 Å². The molecule has 7 heteroatoms. The number of rotatable bonds is 4. The van der Waals surface area contributed by atoms with E-state index in [0.717, 1.165) is 0 Å². The van der Waals surface area contributed by atoms with Gasteiger partial charge in [0.05, 0.1) is 27.0 Å². The maximum absolute atomic E-state index is 11.2. The summed E-state index contributed by atoms with van der Waals surface area (Å²) in [4.78, 5) is 21.9. The Balaban J connectivity index is 3.17. The van der Waals surface area contributed by atoms with Crippen LogP contribution in [0.4, 0.5) is 5.69 Å². The quantitative estimate of drug-likeness (QED) is 0.744. The third kappa shape index (κ3) is 2.82. The number of carbonyl (C=O) groups is 2. The van der Waals surface area contributed by atoms with E-state index < -0.39 is 11.8 Å². The first-order valence-electron chi connectivity index (χ1n) is 4.94. The van der Waals surface area contributed by atoms with Crippen LogP contribution in [0.3, 0.4) is 0 Å². The number of amides is 2. The zero-order valence-electron chi connectivity index (χ0n) is 10.3. The van der Waals surface area contributed by atoms with Crippen molar-refractivity contribution in [3.05, 3.63) is 12.1 Å². The van der Waals surface area contributed by atoms with Crippen molar-refractivity contribution in [2.24, 2.45) is 5.73 Å². The van der Waals surface area contributed by atoms with E-state index in [2.05, 4.69) is 5.32 Å². The summed E-state index contributed by atoms with van der Waals surface area (Å²) in [6, 6.07) is 2.99. The standard InChI is InChI=1S/C11H14N2O5/c1-16-7-5-9(18-3)8(17-2)4-6(7)13-11(15)10(12)14/h4-5H,1-3H3,(H2,12,14)(H,13,15). The third-order valence-electron chi connectivity index (χ3n) is 2.18. The van der Waals surface area contributed by atoms with Crippen LogP contribution >= 0.6 is 0 Å². The second-order valence-electron chi connectivity index (χ2n) is 3.23. The summed E-state index contributed by atoms with van der Waals surface area (Å²) in [5, 5.41) is 2.31. The predicted molar refractivity (Wildman–Crippen MR) is 63.9 cm³/mol. The molecule has 3 N–H and O–H groups in total. The van der Waals surface area contributed by atoms with Gasteiger partial charge in [-0.25, -0.2) is 0 Å². The number of hydrogen-bond acceptors (Lipinski definition) is 5. The molecule has 0 aliphatic heterocycles. The lowest BCUT2D eigenvalue weighted by Crippen LogP contribution is -2.29. The Hall–Kier alpha value is -2.44. The topological polar surface area (TPSA) is 99.9 Å². The number of carbonyl (C=O) groups excluding carboxylic acids is 2. The van der Waals surface area contributed by atoms with E-state index in [0.29, 0.717) is 17.2 Å². The number of anilines is 1. The van der Waals surface area contributed by atoms with E-state index in [9.17, 15) is 9.59 Å². The zero-order valence-corrected chi connectivity index (χ0v) is 10.3. The molecule has 0 aromatic heterocycles. The molecule has 0 bridgehead atoms. The SMILES string of the molecule is COc1cc(OC)c(OC)cc1NC(=O)C(N)=O. The number of nitrogens with one attached hydrogen (secondary N) is 1. The van der Waals surface area contributed by atoms with Crippen molar-refractivity contribution in [2.75, 3.05) is 26.6 Å². The second-order valence-corrected chi connectivity index (χ2v) is 3.23. The number of benzene rings is 1. The van der Waals surface area contributed by atoms with Crippen molar-refractivity contribution < 1.29 is 23.8 Å². The molecule has 7 nitrogen and oxygen atoms in total. The van der Waals surface area contributed by atoms with Gasteiger partial charge in [0, 0.05) is 12.1 Å². The molecular weight excluding hydrogens is 240 g/mol. The molecule has 0 saturated heterocycles. The van der Waals surface area contributed by atoms with Gasteiger partial charge in [-0.3, -0.25) is 9.59 Å². The molecule has 1 aromatic rings. The van der Waals surface area contributed by atoms with E-state index in [1.54, 1.807) is 0 Å². The summed E-state index contributed by atoms with van der Waals surface area (Å²) in [6.45, 7) is 0. The van der Waals surface area contributed by atoms with Crippen LogP contribution in [-0.4, -0.2) is 33.1 Å². The van der Waals surface area contributed by atoms with Gasteiger partial charge >= 0.3 is 11.8 Å². The second kappa shape index (κ2) is 5.76. The Morgan fingerprint density at radius 3 is 1.94 bits per heavy atom. The van der Waals surface area contributed by atoms with Crippen molar-refractivity contribution >= 4 is 17.5 Å². The highest BCUT2D eigenvalue weighted by molar-refractivity contribution is 6.39. The number of primary amides is 1. The molecule has 0 aliphatic rings. The maximum atomic E-state index is 11.2. The minimum atomic E-state index is -1.09. The minimum absolute atomic E-state index is 0.263. The van der Waals surface area contributed by atoms with Gasteiger partial charge < -0.3 is 25.3 Å². The van der Waals surface area contributed by atoms with Gasteiger partial charge in [-0.15, -0.1) is 0 Å². The first-order chi connectivity index (χ1) is 8.53. The van der Waals surface area contributed by atoms with Gasteiger partial charge in [-0.05, 0) is 0 Å². The predicted octanol–water partition coefficient (Wildman–Crippen LogP) is 0.136. The van der Waals surface area contributed by atoms with E-state index in [4.69, 9.17) is 19.9 Å². The van der Waals surface area contributed by atoms with Gasteiger partial charge in [-0.1, -0.05) is 0 Å². The monoisotopic (exact) mass is 254 g/mol. The number of ether oxygens (including phenoxy) is 3. The van der Waals surface area contributed by atoms with Gasteiger partial charge in [0.1, 0.15) is 5.75 Å². The highest BCUT2D eigenvalue weighted by Gasteiger charge is 2.16. The molecule has 0 aliphatic carbocycles. The molecule has 1 rings (SSSR count). The first kappa shape index (κ1) is 13.6. The van der Waals surface area contributed by atoms with Crippen LogP contribution in [0, 0.1) is 0 Å².